The average Bonchev–Trinajstić information content (AvgIpc) is 2.56. The van der Waals surface area contributed by atoms with Gasteiger partial charge in [-0.2, -0.15) is 5.10 Å². The lowest BCUT2D eigenvalue weighted by Gasteiger charge is -2.09. The third kappa shape index (κ3) is 4.22. The van der Waals surface area contributed by atoms with Crippen LogP contribution >= 0.6 is 0 Å². The summed E-state index contributed by atoms with van der Waals surface area (Å²) in [7, 11) is 1.85. The first-order chi connectivity index (χ1) is 8.56. The van der Waals surface area contributed by atoms with E-state index < -0.39 is 0 Å². The van der Waals surface area contributed by atoms with E-state index in [-0.39, 0.29) is 0 Å². The normalized spacial score (nSPS) is 11.2. The van der Waals surface area contributed by atoms with Crippen LogP contribution in [0.15, 0.2) is 0 Å². The van der Waals surface area contributed by atoms with Gasteiger partial charge in [0.1, 0.15) is 12.3 Å². The van der Waals surface area contributed by atoms with Crippen LogP contribution < -0.4 is 10.5 Å². The number of hydrogen-bond acceptors (Lipinski definition) is 4. The molecule has 0 saturated heterocycles. The van der Waals surface area contributed by atoms with Crippen LogP contribution in [-0.4, -0.2) is 29.6 Å². The molecule has 0 aliphatic rings. The van der Waals surface area contributed by atoms with Gasteiger partial charge in [-0.15, -0.1) is 0 Å². The van der Waals surface area contributed by atoms with E-state index in [1.807, 2.05) is 7.05 Å². The minimum absolute atomic E-state index is 0.502. The Labute approximate surface area is 109 Å². The van der Waals surface area contributed by atoms with Gasteiger partial charge in [-0.25, -0.2) is 4.68 Å². The molecule has 0 amide bonds. The second-order valence-corrected chi connectivity index (χ2v) is 4.86. The summed E-state index contributed by atoms with van der Waals surface area (Å²) < 4.78 is 12.8. The van der Waals surface area contributed by atoms with Crippen LogP contribution in [0.5, 0.6) is 5.88 Å². The molecule has 0 unspecified atom stereocenters. The van der Waals surface area contributed by atoms with Crippen molar-refractivity contribution in [2.45, 2.75) is 33.6 Å². The number of anilines is 1. The summed E-state index contributed by atoms with van der Waals surface area (Å²) in [6, 6.07) is 0. The quantitative estimate of drug-likeness (QED) is 0.722. The molecule has 0 aliphatic heterocycles. The van der Waals surface area contributed by atoms with Gasteiger partial charge in [0.05, 0.1) is 12.3 Å². The van der Waals surface area contributed by atoms with Crippen molar-refractivity contribution in [3.05, 3.63) is 5.69 Å². The number of nitrogens with two attached hydrogens (primary N) is 1. The Bertz CT molecular complexity index is 361. The van der Waals surface area contributed by atoms with Crippen molar-refractivity contribution in [3.8, 4) is 5.88 Å². The summed E-state index contributed by atoms with van der Waals surface area (Å²) in [5.74, 6) is 1.19. The molecule has 0 saturated carbocycles. The molecule has 0 spiro atoms. The van der Waals surface area contributed by atoms with Gasteiger partial charge in [0, 0.05) is 13.7 Å². The van der Waals surface area contributed by atoms with E-state index in [9.17, 15) is 0 Å². The topological polar surface area (TPSA) is 62.3 Å². The molecule has 18 heavy (non-hydrogen) atoms. The van der Waals surface area contributed by atoms with Crippen molar-refractivity contribution in [2.75, 3.05) is 25.6 Å². The van der Waals surface area contributed by atoms with E-state index >= 15 is 0 Å². The van der Waals surface area contributed by atoms with Crippen LogP contribution in [0.2, 0.25) is 0 Å². The molecular weight excluding hydrogens is 230 g/mol. The standard InChI is InChI=1S/C13H25N3O2/c1-5-6-11-12(14)13(16(4)15-11)18-8-7-17-9-10(2)3/h10H,5-9,14H2,1-4H3. The van der Waals surface area contributed by atoms with E-state index in [0.717, 1.165) is 25.1 Å². The molecule has 1 aromatic rings. The van der Waals surface area contributed by atoms with Crippen LogP contribution in [0, 0.1) is 5.92 Å². The number of ether oxygens (including phenoxy) is 2. The number of nitrogen functional groups attached to an aromatic ring is 1. The Kier molecular flexibility index (Phi) is 5.98. The molecule has 1 rings (SSSR count). The van der Waals surface area contributed by atoms with Crippen molar-refractivity contribution in [1.82, 2.24) is 9.78 Å². The van der Waals surface area contributed by atoms with Gasteiger partial charge in [-0.3, -0.25) is 0 Å². The average molecular weight is 255 g/mol. The number of hydrogen-bond donors (Lipinski definition) is 1. The van der Waals surface area contributed by atoms with Crippen molar-refractivity contribution in [2.24, 2.45) is 13.0 Å². The van der Waals surface area contributed by atoms with Gasteiger partial charge in [0.25, 0.3) is 0 Å². The zero-order chi connectivity index (χ0) is 13.5. The zero-order valence-electron chi connectivity index (χ0n) is 11.9. The highest BCUT2D eigenvalue weighted by atomic mass is 16.5. The maximum Gasteiger partial charge on any atom is 0.235 e. The van der Waals surface area contributed by atoms with Crippen molar-refractivity contribution < 1.29 is 9.47 Å². The highest BCUT2D eigenvalue weighted by molar-refractivity contribution is 5.53. The monoisotopic (exact) mass is 255 g/mol. The molecule has 0 aliphatic carbocycles. The van der Waals surface area contributed by atoms with Crippen molar-refractivity contribution in [3.63, 3.8) is 0 Å². The third-order valence-corrected chi connectivity index (χ3v) is 2.51. The summed E-state index contributed by atoms with van der Waals surface area (Å²) in [6.45, 7) is 8.18. The fourth-order valence-corrected chi connectivity index (χ4v) is 1.69. The van der Waals surface area contributed by atoms with Gasteiger partial charge in [0.15, 0.2) is 0 Å². The number of nitrogens with zero attached hydrogens (tertiary/aromatic N) is 2. The predicted molar refractivity (Wildman–Crippen MR) is 72.8 cm³/mol. The fraction of sp³-hybridized carbons (Fsp3) is 0.769. The SMILES string of the molecule is CCCc1nn(C)c(OCCOCC(C)C)c1N. The first kappa shape index (κ1) is 14.8. The predicted octanol–water partition coefficient (Wildman–Crippen LogP) is 2.01. The van der Waals surface area contributed by atoms with E-state index in [0.29, 0.717) is 30.7 Å². The Hall–Kier alpha value is -1.23. The zero-order valence-corrected chi connectivity index (χ0v) is 11.9. The van der Waals surface area contributed by atoms with Gasteiger partial charge < -0.3 is 15.2 Å². The van der Waals surface area contributed by atoms with E-state index in [2.05, 4.69) is 25.9 Å². The van der Waals surface area contributed by atoms with Crippen LogP contribution in [0.25, 0.3) is 0 Å². The molecular formula is C13H25N3O2. The molecule has 0 radical (unpaired) electrons. The van der Waals surface area contributed by atoms with Gasteiger partial charge in [-0.05, 0) is 12.3 Å². The largest absolute Gasteiger partial charge is 0.474 e. The Balaban J connectivity index is 2.42. The second kappa shape index (κ2) is 7.26. The van der Waals surface area contributed by atoms with Gasteiger partial charge in [-0.1, -0.05) is 27.2 Å². The molecule has 0 atom stereocenters. The van der Waals surface area contributed by atoms with Crippen molar-refractivity contribution >= 4 is 5.69 Å². The lowest BCUT2D eigenvalue weighted by atomic mass is 10.2. The van der Waals surface area contributed by atoms with Gasteiger partial charge in [0.2, 0.25) is 5.88 Å². The minimum atomic E-state index is 0.502. The smallest absolute Gasteiger partial charge is 0.235 e. The van der Waals surface area contributed by atoms with Crippen molar-refractivity contribution in [1.29, 1.82) is 0 Å². The fourth-order valence-electron chi connectivity index (χ4n) is 1.69. The first-order valence-corrected chi connectivity index (χ1v) is 6.58. The number of rotatable bonds is 8. The maximum absolute atomic E-state index is 6.00. The summed E-state index contributed by atoms with van der Waals surface area (Å²) in [5.41, 5.74) is 7.57. The highest BCUT2D eigenvalue weighted by Gasteiger charge is 2.13. The third-order valence-electron chi connectivity index (χ3n) is 2.51. The van der Waals surface area contributed by atoms with Crippen LogP contribution in [0.3, 0.4) is 0 Å². The van der Waals surface area contributed by atoms with E-state index in [4.69, 9.17) is 15.2 Å². The van der Waals surface area contributed by atoms with E-state index in [1.165, 1.54) is 0 Å². The Morgan fingerprint density at radius 3 is 2.67 bits per heavy atom. The van der Waals surface area contributed by atoms with Crippen LogP contribution in [-0.2, 0) is 18.2 Å². The molecule has 1 heterocycles. The summed E-state index contributed by atoms with van der Waals surface area (Å²) in [4.78, 5) is 0. The summed E-state index contributed by atoms with van der Waals surface area (Å²) >= 11 is 0. The Morgan fingerprint density at radius 1 is 1.33 bits per heavy atom. The molecule has 0 bridgehead atoms. The Morgan fingerprint density at radius 2 is 2.06 bits per heavy atom. The molecule has 5 heteroatoms. The molecule has 1 aromatic heterocycles. The molecule has 0 fully saturated rings. The molecule has 5 nitrogen and oxygen atoms in total. The van der Waals surface area contributed by atoms with Crippen LogP contribution in [0.1, 0.15) is 32.9 Å². The number of aromatic nitrogens is 2. The summed E-state index contributed by atoms with van der Waals surface area (Å²) in [5, 5.41) is 4.35. The van der Waals surface area contributed by atoms with E-state index in [1.54, 1.807) is 4.68 Å². The molecule has 104 valence electrons. The lowest BCUT2D eigenvalue weighted by Crippen LogP contribution is -2.12. The lowest BCUT2D eigenvalue weighted by molar-refractivity contribution is 0.0796. The second-order valence-electron chi connectivity index (χ2n) is 4.86. The highest BCUT2D eigenvalue weighted by Crippen LogP contribution is 2.25. The van der Waals surface area contributed by atoms with Gasteiger partial charge >= 0.3 is 0 Å². The maximum atomic E-state index is 6.00. The van der Waals surface area contributed by atoms with Crippen LogP contribution in [0.4, 0.5) is 5.69 Å². The molecule has 0 aromatic carbocycles. The first-order valence-electron chi connectivity index (χ1n) is 6.58. The number of aryl methyl sites for hydroxylation is 2. The molecule has 2 N–H and O–H groups in total. The summed E-state index contributed by atoms with van der Waals surface area (Å²) in [6.07, 6.45) is 1.91. The minimum Gasteiger partial charge on any atom is -0.474 e.